The smallest absolute Gasteiger partial charge is 0.338 e. The number of aryl methyl sites for hydroxylation is 3. The van der Waals surface area contributed by atoms with E-state index in [9.17, 15) is 14.7 Å². The zero-order valence-electron chi connectivity index (χ0n) is 12.8. The second-order valence-electron chi connectivity index (χ2n) is 5.30. The first-order valence-corrected chi connectivity index (χ1v) is 6.95. The standard InChI is InChI=1S/C18H18O4/c1-11-7-13(3)16(8-12(11)2)17(20)10-22-18(21)14-5-4-6-15(19)9-14/h4-9,19H,10H2,1-3H3. The van der Waals surface area contributed by atoms with E-state index < -0.39 is 5.97 Å². The predicted octanol–water partition coefficient (Wildman–Crippen LogP) is 3.36. The Morgan fingerprint density at radius 2 is 1.68 bits per heavy atom. The first-order valence-electron chi connectivity index (χ1n) is 6.95. The van der Waals surface area contributed by atoms with E-state index in [4.69, 9.17) is 4.74 Å². The third-order valence-electron chi connectivity index (χ3n) is 3.56. The summed E-state index contributed by atoms with van der Waals surface area (Å²) in [4.78, 5) is 24.1. The van der Waals surface area contributed by atoms with Crippen molar-refractivity contribution in [3.05, 3.63) is 64.2 Å². The van der Waals surface area contributed by atoms with Crippen molar-refractivity contribution in [1.29, 1.82) is 0 Å². The number of phenolic OH excluding ortho intramolecular Hbond substituents is 1. The summed E-state index contributed by atoms with van der Waals surface area (Å²) in [6.45, 7) is 5.46. The van der Waals surface area contributed by atoms with Crippen LogP contribution < -0.4 is 0 Å². The molecular weight excluding hydrogens is 280 g/mol. The Morgan fingerprint density at radius 1 is 1.00 bits per heavy atom. The fraction of sp³-hybridized carbons (Fsp3) is 0.222. The summed E-state index contributed by atoms with van der Waals surface area (Å²) < 4.78 is 5.02. The number of phenols is 1. The fourth-order valence-corrected chi connectivity index (χ4v) is 2.19. The summed E-state index contributed by atoms with van der Waals surface area (Å²) in [6.07, 6.45) is 0. The van der Waals surface area contributed by atoms with E-state index in [0.717, 1.165) is 16.7 Å². The molecule has 0 radical (unpaired) electrons. The first-order chi connectivity index (χ1) is 10.4. The van der Waals surface area contributed by atoms with Crippen LogP contribution in [0.25, 0.3) is 0 Å². The van der Waals surface area contributed by atoms with Gasteiger partial charge in [0.25, 0.3) is 0 Å². The van der Waals surface area contributed by atoms with Gasteiger partial charge in [0.2, 0.25) is 5.78 Å². The van der Waals surface area contributed by atoms with Gasteiger partial charge < -0.3 is 9.84 Å². The van der Waals surface area contributed by atoms with Crippen LogP contribution in [0.2, 0.25) is 0 Å². The number of esters is 1. The Hall–Kier alpha value is -2.62. The van der Waals surface area contributed by atoms with Crippen molar-refractivity contribution in [1.82, 2.24) is 0 Å². The number of ether oxygens (including phenoxy) is 1. The summed E-state index contributed by atoms with van der Waals surface area (Å²) in [5.41, 5.74) is 3.77. The van der Waals surface area contributed by atoms with Crippen molar-refractivity contribution in [2.24, 2.45) is 0 Å². The molecule has 1 N–H and O–H groups in total. The van der Waals surface area contributed by atoms with Gasteiger partial charge in [0, 0.05) is 5.56 Å². The van der Waals surface area contributed by atoms with Crippen LogP contribution in [0.15, 0.2) is 36.4 Å². The van der Waals surface area contributed by atoms with E-state index in [1.165, 1.54) is 18.2 Å². The third kappa shape index (κ3) is 3.52. The molecule has 0 amide bonds. The van der Waals surface area contributed by atoms with E-state index in [1.54, 1.807) is 6.07 Å². The molecule has 0 unspecified atom stereocenters. The fourth-order valence-electron chi connectivity index (χ4n) is 2.19. The Kier molecular flexibility index (Phi) is 4.61. The number of carbonyl (C=O) groups is 2. The number of Topliss-reactive ketones (excluding diaryl/α,β-unsaturated/α-hetero) is 1. The average Bonchev–Trinajstić information content (AvgIpc) is 2.48. The molecule has 2 aromatic carbocycles. The van der Waals surface area contributed by atoms with Gasteiger partial charge in [0.15, 0.2) is 6.61 Å². The number of benzene rings is 2. The molecular formula is C18H18O4. The van der Waals surface area contributed by atoms with E-state index in [-0.39, 0.29) is 23.7 Å². The average molecular weight is 298 g/mol. The van der Waals surface area contributed by atoms with Gasteiger partial charge in [0.05, 0.1) is 5.56 Å². The first kappa shape index (κ1) is 15.8. The maximum absolute atomic E-state index is 12.2. The second kappa shape index (κ2) is 6.43. The minimum atomic E-state index is -0.634. The second-order valence-corrected chi connectivity index (χ2v) is 5.30. The molecule has 0 aliphatic carbocycles. The Balaban J connectivity index is 2.07. The van der Waals surface area contributed by atoms with Crippen LogP contribution in [0.3, 0.4) is 0 Å². The minimum Gasteiger partial charge on any atom is -0.508 e. The zero-order chi connectivity index (χ0) is 16.3. The van der Waals surface area contributed by atoms with Gasteiger partial charge in [-0.15, -0.1) is 0 Å². The lowest BCUT2D eigenvalue weighted by atomic mass is 9.98. The van der Waals surface area contributed by atoms with Crippen molar-refractivity contribution in [3.8, 4) is 5.75 Å². The molecule has 0 aliphatic heterocycles. The lowest BCUT2D eigenvalue weighted by Gasteiger charge is -2.09. The number of hydrogen-bond acceptors (Lipinski definition) is 4. The Morgan fingerprint density at radius 3 is 2.36 bits per heavy atom. The lowest BCUT2D eigenvalue weighted by molar-refractivity contribution is 0.0474. The van der Waals surface area contributed by atoms with Crippen molar-refractivity contribution >= 4 is 11.8 Å². The van der Waals surface area contributed by atoms with Crippen LogP contribution >= 0.6 is 0 Å². The van der Waals surface area contributed by atoms with Gasteiger partial charge in [-0.25, -0.2) is 4.79 Å². The van der Waals surface area contributed by atoms with E-state index >= 15 is 0 Å². The molecule has 0 bridgehead atoms. The molecule has 22 heavy (non-hydrogen) atoms. The minimum absolute atomic E-state index is 0.0224. The quantitative estimate of drug-likeness (QED) is 0.694. The lowest BCUT2D eigenvalue weighted by Crippen LogP contribution is -2.15. The highest BCUT2D eigenvalue weighted by atomic mass is 16.5. The molecule has 4 nitrogen and oxygen atoms in total. The summed E-state index contributed by atoms with van der Waals surface area (Å²) in [6, 6.07) is 9.58. The summed E-state index contributed by atoms with van der Waals surface area (Å²) in [5.74, 6) is -0.898. The van der Waals surface area contributed by atoms with Crippen LogP contribution in [-0.2, 0) is 4.74 Å². The molecule has 2 rings (SSSR count). The predicted molar refractivity (Wildman–Crippen MR) is 83.4 cm³/mol. The highest BCUT2D eigenvalue weighted by molar-refractivity contribution is 6.00. The van der Waals surface area contributed by atoms with Crippen LogP contribution in [0.4, 0.5) is 0 Å². The number of hydrogen-bond donors (Lipinski definition) is 1. The number of carbonyl (C=O) groups excluding carboxylic acids is 2. The molecule has 4 heteroatoms. The zero-order valence-corrected chi connectivity index (χ0v) is 12.8. The van der Waals surface area contributed by atoms with Gasteiger partial charge >= 0.3 is 5.97 Å². The van der Waals surface area contributed by atoms with Crippen LogP contribution in [0, 0.1) is 20.8 Å². The monoisotopic (exact) mass is 298 g/mol. The van der Waals surface area contributed by atoms with Gasteiger partial charge in [0.1, 0.15) is 5.75 Å². The molecule has 0 spiro atoms. The molecule has 0 fully saturated rings. The highest BCUT2D eigenvalue weighted by Crippen LogP contribution is 2.17. The Bertz CT molecular complexity index is 732. The topological polar surface area (TPSA) is 63.6 Å². The van der Waals surface area contributed by atoms with Gasteiger partial charge in [-0.05, 0) is 61.7 Å². The van der Waals surface area contributed by atoms with E-state index in [1.807, 2.05) is 32.9 Å². The molecule has 0 aromatic heterocycles. The van der Waals surface area contributed by atoms with Gasteiger partial charge in [-0.3, -0.25) is 4.79 Å². The molecule has 114 valence electrons. The largest absolute Gasteiger partial charge is 0.508 e. The molecule has 0 atom stereocenters. The normalized spacial score (nSPS) is 10.3. The molecule has 0 heterocycles. The molecule has 2 aromatic rings. The molecule has 0 saturated carbocycles. The van der Waals surface area contributed by atoms with E-state index in [2.05, 4.69) is 0 Å². The molecule has 0 aliphatic rings. The van der Waals surface area contributed by atoms with Crippen LogP contribution in [0.1, 0.15) is 37.4 Å². The van der Waals surface area contributed by atoms with E-state index in [0.29, 0.717) is 5.56 Å². The van der Waals surface area contributed by atoms with Crippen LogP contribution in [0.5, 0.6) is 5.75 Å². The number of ketones is 1. The maximum Gasteiger partial charge on any atom is 0.338 e. The Labute approximate surface area is 129 Å². The number of rotatable bonds is 4. The molecule has 0 saturated heterocycles. The van der Waals surface area contributed by atoms with Gasteiger partial charge in [-0.1, -0.05) is 12.1 Å². The summed E-state index contributed by atoms with van der Waals surface area (Å²) >= 11 is 0. The van der Waals surface area contributed by atoms with Crippen molar-refractivity contribution in [3.63, 3.8) is 0 Å². The summed E-state index contributed by atoms with van der Waals surface area (Å²) in [5, 5.41) is 9.34. The van der Waals surface area contributed by atoms with Crippen molar-refractivity contribution in [2.45, 2.75) is 20.8 Å². The SMILES string of the molecule is Cc1cc(C)c(C(=O)COC(=O)c2cccc(O)c2)cc1C. The van der Waals surface area contributed by atoms with Crippen molar-refractivity contribution in [2.75, 3.05) is 6.61 Å². The third-order valence-corrected chi connectivity index (χ3v) is 3.56. The summed E-state index contributed by atoms with van der Waals surface area (Å²) in [7, 11) is 0. The van der Waals surface area contributed by atoms with Crippen LogP contribution in [-0.4, -0.2) is 23.5 Å². The number of aromatic hydroxyl groups is 1. The van der Waals surface area contributed by atoms with Gasteiger partial charge in [-0.2, -0.15) is 0 Å². The van der Waals surface area contributed by atoms with Crippen molar-refractivity contribution < 1.29 is 19.4 Å². The highest BCUT2D eigenvalue weighted by Gasteiger charge is 2.14. The maximum atomic E-state index is 12.2.